The van der Waals surface area contributed by atoms with E-state index in [2.05, 4.69) is 19.8 Å². The summed E-state index contributed by atoms with van der Waals surface area (Å²) in [4.78, 5) is 20.8. The molecule has 0 aliphatic heterocycles. The van der Waals surface area contributed by atoms with E-state index in [1.807, 2.05) is 31.2 Å². The van der Waals surface area contributed by atoms with Crippen molar-refractivity contribution in [1.29, 1.82) is 0 Å². The van der Waals surface area contributed by atoms with Crippen molar-refractivity contribution in [2.75, 3.05) is 12.4 Å². The Labute approximate surface area is 127 Å². The van der Waals surface area contributed by atoms with Crippen molar-refractivity contribution in [3.05, 3.63) is 41.2 Å². The number of hydrogen-bond donors (Lipinski definition) is 1. The van der Waals surface area contributed by atoms with Gasteiger partial charge in [-0.2, -0.15) is 4.37 Å². The molecule has 0 fully saturated rings. The summed E-state index contributed by atoms with van der Waals surface area (Å²) < 4.78 is 4.02. The maximum Gasteiger partial charge on any atom is 0.230 e. The zero-order valence-electron chi connectivity index (χ0n) is 12.1. The molecule has 1 aromatic heterocycles. The molecular weight excluding hydrogens is 288 g/mol. The summed E-state index contributed by atoms with van der Waals surface area (Å²) in [5.74, 6) is 0.535. The molecule has 0 aliphatic rings. The first kappa shape index (κ1) is 15.1. The first-order valence-corrected chi connectivity index (χ1v) is 7.13. The molecule has 2 aromatic rings. The van der Waals surface area contributed by atoms with Gasteiger partial charge in [0.05, 0.1) is 12.1 Å². The lowest BCUT2D eigenvalue weighted by atomic mass is 10.1. The molecule has 1 aromatic carbocycles. The Hall–Kier alpha value is -2.28. The minimum atomic E-state index is -0.121. The second kappa shape index (κ2) is 6.94. The van der Waals surface area contributed by atoms with Gasteiger partial charge in [-0.15, -0.1) is 0 Å². The van der Waals surface area contributed by atoms with Crippen LogP contribution in [-0.2, 0) is 16.1 Å². The molecule has 1 amide bonds. The van der Waals surface area contributed by atoms with Crippen LogP contribution in [0.1, 0.15) is 23.9 Å². The number of anilines is 1. The zero-order chi connectivity index (χ0) is 15.2. The van der Waals surface area contributed by atoms with Crippen LogP contribution in [0.25, 0.3) is 0 Å². The summed E-state index contributed by atoms with van der Waals surface area (Å²) in [5.41, 5.74) is 2.59. The van der Waals surface area contributed by atoms with Crippen molar-refractivity contribution in [1.82, 2.24) is 9.36 Å². The van der Waals surface area contributed by atoms with Gasteiger partial charge in [0.1, 0.15) is 12.9 Å². The summed E-state index contributed by atoms with van der Waals surface area (Å²) in [7, 11) is 1.50. The standard InChI is InChI=1S/C14H16N4O2S/c1-9(17-20-3)12-6-4-5-11(7-12)8-13(19)16-14-15-10(2)18-21-14/h4-7H,8H2,1-3H3,(H,15,16,18,19)/b17-9+. The number of hydrogen-bond acceptors (Lipinski definition) is 6. The highest BCUT2D eigenvalue weighted by atomic mass is 32.1. The van der Waals surface area contributed by atoms with Crippen LogP contribution in [0.15, 0.2) is 29.4 Å². The minimum absolute atomic E-state index is 0.121. The third-order valence-corrected chi connectivity index (χ3v) is 3.43. The fraction of sp³-hybridized carbons (Fsp3) is 0.286. The van der Waals surface area contributed by atoms with Crippen LogP contribution >= 0.6 is 11.5 Å². The predicted octanol–water partition coefficient (Wildman–Crippen LogP) is 2.40. The number of aryl methyl sites for hydroxylation is 1. The van der Waals surface area contributed by atoms with Gasteiger partial charge in [-0.25, -0.2) is 4.98 Å². The number of carbonyl (C=O) groups is 1. The van der Waals surface area contributed by atoms with Gasteiger partial charge in [0, 0.05) is 11.5 Å². The zero-order valence-corrected chi connectivity index (χ0v) is 12.9. The first-order valence-electron chi connectivity index (χ1n) is 6.35. The third-order valence-electron chi connectivity index (χ3n) is 2.71. The number of aromatic nitrogens is 2. The Kier molecular flexibility index (Phi) is 4.99. The Bertz CT molecular complexity index is 666. The van der Waals surface area contributed by atoms with Gasteiger partial charge in [0.25, 0.3) is 0 Å². The van der Waals surface area contributed by atoms with Gasteiger partial charge in [-0.05, 0) is 31.0 Å². The van der Waals surface area contributed by atoms with Crippen molar-refractivity contribution < 1.29 is 9.63 Å². The maximum atomic E-state index is 12.0. The molecule has 0 radical (unpaired) electrons. The van der Waals surface area contributed by atoms with E-state index in [0.29, 0.717) is 11.0 Å². The van der Waals surface area contributed by atoms with E-state index in [-0.39, 0.29) is 12.3 Å². The van der Waals surface area contributed by atoms with Crippen LogP contribution in [0.2, 0.25) is 0 Å². The van der Waals surface area contributed by atoms with E-state index in [0.717, 1.165) is 16.8 Å². The van der Waals surface area contributed by atoms with Gasteiger partial charge in [-0.3, -0.25) is 4.79 Å². The molecule has 1 N–H and O–H groups in total. The number of amides is 1. The van der Waals surface area contributed by atoms with Gasteiger partial charge < -0.3 is 10.2 Å². The number of carbonyl (C=O) groups excluding carboxylic acids is 1. The molecule has 7 heteroatoms. The molecule has 0 bridgehead atoms. The minimum Gasteiger partial charge on any atom is -0.399 e. The highest BCUT2D eigenvalue weighted by Gasteiger charge is 2.08. The van der Waals surface area contributed by atoms with Crippen LogP contribution in [0.5, 0.6) is 0 Å². The average molecular weight is 304 g/mol. The van der Waals surface area contributed by atoms with Crippen molar-refractivity contribution in [3.63, 3.8) is 0 Å². The van der Waals surface area contributed by atoms with Crippen LogP contribution in [0, 0.1) is 6.92 Å². The van der Waals surface area contributed by atoms with Crippen LogP contribution in [0.4, 0.5) is 5.13 Å². The van der Waals surface area contributed by atoms with Crippen LogP contribution in [0.3, 0.4) is 0 Å². The Morgan fingerprint density at radius 2 is 2.29 bits per heavy atom. The summed E-state index contributed by atoms with van der Waals surface area (Å²) >= 11 is 1.17. The van der Waals surface area contributed by atoms with E-state index >= 15 is 0 Å². The van der Waals surface area contributed by atoms with Gasteiger partial charge in [-0.1, -0.05) is 23.4 Å². The van der Waals surface area contributed by atoms with Gasteiger partial charge in [0.2, 0.25) is 11.0 Å². The normalized spacial score (nSPS) is 11.3. The highest BCUT2D eigenvalue weighted by Crippen LogP contribution is 2.12. The SMILES string of the molecule is CO/N=C(\C)c1cccc(CC(=O)Nc2nc(C)ns2)c1. The van der Waals surface area contributed by atoms with Crippen LogP contribution < -0.4 is 5.32 Å². The molecule has 0 saturated carbocycles. The molecule has 0 unspecified atom stereocenters. The van der Waals surface area contributed by atoms with Crippen LogP contribution in [-0.4, -0.2) is 28.1 Å². The molecule has 0 atom stereocenters. The molecule has 0 spiro atoms. The lowest BCUT2D eigenvalue weighted by Gasteiger charge is -2.05. The maximum absolute atomic E-state index is 12.0. The Balaban J connectivity index is 2.04. The first-order chi connectivity index (χ1) is 10.1. The van der Waals surface area contributed by atoms with E-state index in [1.165, 1.54) is 18.6 Å². The molecule has 110 valence electrons. The number of nitrogens with one attached hydrogen (secondary N) is 1. The summed E-state index contributed by atoms with van der Waals surface area (Å²) in [6.45, 7) is 3.64. The monoisotopic (exact) mass is 304 g/mol. The Morgan fingerprint density at radius 1 is 1.48 bits per heavy atom. The number of rotatable bonds is 5. The molecule has 0 saturated heterocycles. The fourth-order valence-electron chi connectivity index (χ4n) is 1.79. The average Bonchev–Trinajstić information content (AvgIpc) is 2.84. The summed E-state index contributed by atoms with van der Waals surface area (Å²) in [6, 6.07) is 7.63. The van der Waals surface area contributed by atoms with Gasteiger partial charge in [0.15, 0.2) is 0 Å². The molecular formula is C14H16N4O2S. The smallest absolute Gasteiger partial charge is 0.230 e. The van der Waals surface area contributed by atoms with E-state index in [9.17, 15) is 4.79 Å². The molecule has 0 aliphatic carbocycles. The van der Waals surface area contributed by atoms with E-state index in [4.69, 9.17) is 4.84 Å². The van der Waals surface area contributed by atoms with Crippen molar-refractivity contribution >= 4 is 28.3 Å². The Morgan fingerprint density at radius 3 is 2.95 bits per heavy atom. The van der Waals surface area contributed by atoms with Crippen molar-refractivity contribution in [3.8, 4) is 0 Å². The summed E-state index contributed by atoms with van der Waals surface area (Å²) in [6.07, 6.45) is 0.271. The largest absolute Gasteiger partial charge is 0.399 e. The molecule has 1 heterocycles. The van der Waals surface area contributed by atoms with E-state index in [1.54, 1.807) is 6.92 Å². The van der Waals surface area contributed by atoms with Gasteiger partial charge >= 0.3 is 0 Å². The molecule has 6 nitrogen and oxygen atoms in total. The number of oxime groups is 1. The lowest BCUT2D eigenvalue weighted by Crippen LogP contribution is -2.14. The fourth-order valence-corrected chi connectivity index (χ4v) is 2.38. The predicted molar refractivity (Wildman–Crippen MR) is 82.6 cm³/mol. The van der Waals surface area contributed by atoms with Crippen molar-refractivity contribution in [2.24, 2.45) is 5.16 Å². The highest BCUT2D eigenvalue weighted by molar-refractivity contribution is 7.09. The third kappa shape index (κ3) is 4.35. The lowest BCUT2D eigenvalue weighted by molar-refractivity contribution is -0.115. The second-order valence-electron chi connectivity index (χ2n) is 4.43. The molecule has 2 rings (SSSR count). The number of nitrogens with zero attached hydrogens (tertiary/aromatic N) is 3. The topological polar surface area (TPSA) is 76.5 Å². The number of benzene rings is 1. The summed E-state index contributed by atoms with van der Waals surface area (Å²) in [5, 5.41) is 7.14. The molecule has 21 heavy (non-hydrogen) atoms. The van der Waals surface area contributed by atoms with E-state index < -0.39 is 0 Å². The second-order valence-corrected chi connectivity index (χ2v) is 5.18. The van der Waals surface area contributed by atoms with Crippen molar-refractivity contribution in [2.45, 2.75) is 20.3 Å². The quantitative estimate of drug-likeness (QED) is 0.680.